The van der Waals surface area contributed by atoms with Gasteiger partial charge in [-0.25, -0.2) is 4.85 Å². The summed E-state index contributed by atoms with van der Waals surface area (Å²) in [5.74, 6) is 0. The normalized spacial score (nSPS) is 9.86. The highest BCUT2D eigenvalue weighted by Crippen LogP contribution is 2.15. The van der Waals surface area contributed by atoms with E-state index in [4.69, 9.17) is 6.57 Å². The van der Waals surface area contributed by atoms with Gasteiger partial charge in [0.05, 0.1) is 6.57 Å². The summed E-state index contributed by atoms with van der Waals surface area (Å²) in [6.07, 6.45) is 0. The molecule has 0 aliphatic rings. The van der Waals surface area contributed by atoms with Crippen molar-refractivity contribution in [2.24, 2.45) is 0 Å². The van der Waals surface area contributed by atoms with E-state index < -0.39 is 0 Å². The summed E-state index contributed by atoms with van der Waals surface area (Å²) >= 11 is 0. The lowest BCUT2D eigenvalue weighted by atomic mass is 10.3. The van der Waals surface area contributed by atoms with E-state index in [0.29, 0.717) is 5.69 Å². The van der Waals surface area contributed by atoms with Crippen molar-refractivity contribution in [3.63, 3.8) is 0 Å². The van der Waals surface area contributed by atoms with Crippen LogP contribution in [0.3, 0.4) is 0 Å². The molecule has 0 bridgehead atoms. The third kappa shape index (κ3) is 3.46. The average molecular weight is 189 g/mol. The number of hydrogen-bond donors (Lipinski definition) is 1. The van der Waals surface area contributed by atoms with E-state index in [1.54, 1.807) is 0 Å². The molecular weight excluding hydrogens is 174 g/mol. The predicted octanol–water partition coefficient (Wildman–Crippen LogP) is 2.21. The molecule has 14 heavy (non-hydrogen) atoms. The van der Waals surface area contributed by atoms with Crippen molar-refractivity contribution in [2.45, 2.75) is 0 Å². The molecule has 0 saturated heterocycles. The Kier molecular flexibility index (Phi) is 3.96. The van der Waals surface area contributed by atoms with Gasteiger partial charge in [-0.15, -0.1) is 0 Å². The van der Waals surface area contributed by atoms with Crippen LogP contribution < -0.4 is 5.32 Å². The maximum Gasteiger partial charge on any atom is 0.187 e. The molecule has 1 aromatic carbocycles. The predicted molar refractivity (Wildman–Crippen MR) is 59.7 cm³/mol. The fourth-order valence-electron chi connectivity index (χ4n) is 1.08. The van der Waals surface area contributed by atoms with Crippen LogP contribution in [0.15, 0.2) is 24.3 Å². The summed E-state index contributed by atoms with van der Waals surface area (Å²) in [6.45, 7) is 8.73. The Morgan fingerprint density at radius 1 is 1.29 bits per heavy atom. The number of nitrogens with zero attached hydrogens (tertiary/aromatic N) is 2. The van der Waals surface area contributed by atoms with Crippen molar-refractivity contribution >= 4 is 11.4 Å². The third-order valence-electron chi connectivity index (χ3n) is 1.88. The van der Waals surface area contributed by atoms with Gasteiger partial charge in [0.15, 0.2) is 5.69 Å². The van der Waals surface area contributed by atoms with Crippen molar-refractivity contribution in [1.82, 2.24) is 4.90 Å². The molecule has 1 N–H and O–H groups in total. The second-order valence-electron chi connectivity index (χ2n) is 3.39. The van der Waals surface area contributed by atoms with E-state index in [9.17, 15) is 0 Å². The molecule has 0 radical (unpaired) electrons. The van der Waals surface area contributed by atoms with Crippen LogP contribution in [-0.4, -0.2) is 32.1 Å². The van der Waals surface area contributed by atoms with E-state index in [0.717, 1.165) is 18.8 Å². The lowest BCUT2D eigenvalue weighted by molar-refractivity contribution is 0.425. The van der Waals surface area contributed by atoms with Crippen molar-refractivity contribution < 1.29 is 0 Å². The fraction of sp³-hybridized carbons (Fsp3) is 0.364. The molecule has 0 aliphatic heterocycles. The number of benzene rings is 1. The van der Waals surface area contributed by atoms with Crippen LogP contribution in [0.5, 0.6) is 0 Å². The van der Waals surface area contributed by atoms with Gasteiger partial charge in [0, 0.05) is 18.8 Å². The smallest absolute Gasteiger partial charge is 0.187 e. The Morgan fingerprint density at radius 3 is 2.43 bits per heavy atom. The molecule has 0 heterocycles. The first-order chi connectivity index (χ1) is 6.72. The highest BCUT2D eigenvalue weighted by Gasteiger charge is 1.93. The Bertz CT molecular complexity index is 308. The maximum atomic E-state index is 6.81. The minimum absolute atomic E-state index is 0.683. The zero-order chi connectivity index (χ0) is 10.4. The first kappa shape index (κ1) is 10.6. The first-order valence-corrected chi connectivity index (χ1v) is 4.58. The monoisotopic (exact) mass is 189 g/mol. The SMILES string of the molecule is [C-]#[N+]c1ccc(NCCN(C)C)cc1. The number of anilines is 1. The Balaban J connectivity index is 2.41. The number of hydrogen-bond acceptors (Lipinski definition) is 2. The summed E-state index contributed by atoms with van der Waals surface area (Å²) in [5, 5.41) is 3.28. The average Bonchev–Trinajstić information content (AvgIpc) is 2.18. The Labute approximate surface area is 85.2 Å². The Hall–Kier alpha value is -1.53. The molecule has 0 amide bonds. The van der Waals surface area contributed by atoms with Crippen LogP contribution in [0.2, 0.25) is 0 Å². The van der Waals surface area contributed by atoms with Gasteiger partial charge in [0.2, 0.25) is 0 Å². The molecule has 3 heteroatoms. The van der Waals surface area contributed by atoms with Crippen LogP contribution in [-0.2, 0) is 0 Å². The molecule has 74 valence electrons. The van der Waals surface area contributed by atoms with Crippen molar-refractivity contribution in [3.8, 4) is 0 Å². The number of nitrogens with one attached hydrogen (secondary N) is 1. The zero-order valence-corrected chi connectivity index (χ0v) is 8.62. The van der Waals surface area contributed by atoms with E-state index in [2.05, 4.69) is 15.1 Å². The van der Waals surface area contributed by atoms with Crippen LogP contribution in [0, 0.1) is 6.57 Å². The van der Waals surface area contributed by atoms with Gasteiger partial charge in [-0.1, -0.05) is 12.1 Å². The van der Waals surface area contributed by atoms with Crippen LogP contribution in [0.25, 0.3) is 4.85 Å². The van der Waals surface area contributed by atoms with E-state index in [1.165, 1.54) is 0 Å². The summed E-state index contributed by atoms with van der Waals surface area (Å²) in [6, 6.07) is 7.52. The summed E-state index contributed by atoms with van der Waals surface area (Å²) in [7, 11) is 4.09. The van der Waals surface area contributed by atoms with Crippen molar-refractivity contribution in [3.05, 3.63) is 35.7 Å². The van der Waals surface area contributed by atoms with Crippen LogP contribution in [0.1, 0.15) is 0 Å². The minimum Gasteiger partial charge on any atom is -0.384 e. The van der Waals surface area contributed by atoms with E-state index in [1.807, 2.05) is 38.4 Å². The van der Waals surface area contributed by atoms with Gasteiger partial charge in [0.1, 0.15) is 0 Å². The molecule has 1 aromatic rings. The number of likely N-dealkylation sites (N-methyl/N-ethyl adjacent to an activating group) is 1. The topological polar surface area (TPSA) is 19.6 Å². The molecule has 0 saturated carbocycles. The standard InChI is InChI=1S/C11H15N3/c1-12-10-4-6-11(7-5-10)13-8-9-14(2)3/h4-7,13H,8-9H2,2-3H3. The van der Waals surface area contributed by atoms with Crippen LogP contribution >= 0.6 is 0 Å². The van der Waals surface area contributed by atoms with Crippen LogP contribution in [0.4, 0.5) is 11.4 Å². The van der Waals surface area contributed by atoms with Gasteiger partial charge in [-0.3, -0.25) is 0 Å². The second kappa shape index (κ2) is 5.25. The molecule has 0 fully saturated rings. The molecule has 3 nitrogen and oxygen atoms in total. The van der Waals surface area contributed by atoms with E-state index >= 15 is 0 Å². The lowest BCUT2D eigenvalue weighted by Gasteiger charge is -2.11. The quantitative estimate of drug-likeness (QED) is 0.732. The molecule has 0 atom stereocenters. The second-order valence-corrected chi connectivity index (χ2v) is 3.39. The minimum atomic E-state index is 0.683. The number of rotatable bonds is 4. The lowest BCUT2D eigenvalue weighted by Crippen LogP contribution is -2.20. The van der Waals surface area contributed by atoms with Crippen molar-refractivity contribution in [1.29, 1.82) is 0 Å². The third-order valence-corrected chi connectivity index (χ3v) is 1.88. The zero-order valence-electron chi connectivity index (χ0n) is 8.62. The van der Waals surface area contributed by atoms with Gasteiger partial charge in [-0.05, 0) is 26.2 Å². The summed E-state index contributed by atoms with van der Waals surface area (Å²) < 4.78 is 0. The highest BCUT2D eigenvalue weighted by molar-refractivity contribution is 5.53. The fourth-order valence-corrected chi connectivity index (χ4v) is 1.08. The van der Waals surface area contributed by atoms with Gasteiger partial charge in [-0.2, -0.15) is 0 Å². The van der Waals surface area contributed by atoms with Gasteiger partial charge >= 0.3 is 0 Å². The molecule has 0 unspecified atom stereocenters. The van der Waals surface area contributed by atoms with Crippen molar-refractivity contribution in [2.75, 3.05) is 32.5 Å². The van der Waals surface area contributed by atoms with Gasteiger partial charge < -0.3 is 10.2 Å². The molecule has 0 aliphatic carbocycles. The largest absolute Gasteiger partial charge is 0.384 e. The molecule has 0 spiro atoms. The first-order valence-electron chi connectivity index (χ1n) is 4.58. The molecular formula is C11H15N3. The molecule has 1 rings (SSSR count). The maximum absolute atomic E-state index is 6.81. The van der Waals surface area contributed by atoms with Gasteiger partial charge in [0.25, 0.3) is 0 Å². The highest BCUT2D eigenvalue weighted by atomic mass is 15.1. The molecule has 0 aromatic heterocycles. The summed E-state index contributed by atoms with van der Waals surface area (Å²) in [5.41, 5.74) is 1.75. The summed E-state index contributed by atoms with van der Waals surface area (Å²) in [4.78, 5) is 5.46. The van der Waals surface area contributed by atoms with E-state index in [-0.39, 0.29) is 0 Å². The Morgan fingerprint density at radius 2 is 1.93 bits per heavy atom.